The van der Waals surface area contributed by atoms with Crippen molar-refractivity contribution in [3.8, 4) is 0 Å². The summed E-state index contributed by atoms with van der Waals surface area (Å²) in [7, 11) is 0. The number of H-pyrrole nitrogens is 1. The maximum Gasteiger partial charge on any atom is 0.152 e. The molecule has 2 heteroatoms. The van der Waals surface area contributed by atoms with Gasteiger partial charge in [-0.2, -0.15) is 0 Å². The lowest BCUT2D eigenvalue weighted by Gasteiger charge is -1.85. The van der Waals surface area contributed by atoms with Crippen LogP contribution in [0, 0.1) is 0 Å². The van der Waals surface area contributed by atoms with Crippen molar-refractivity contribution in [1.29, 1.82) is 0 Å². The third-order valence-corrected chi connectivity index (χ3v) is 1.87. The Labute approximate surface area is 64.5 Å². The molecule has 1 aromatic heterocycles. The first-order valence-electron chi connectivity index (χ1n) is 3.15. The number of nitrogens with one attached hydrogen (secondary N) is 1. The molecule has 0 unspecified atom stereocenters. The van der Waals surface area contributed by atoms with Crippen LogP contribution in [0.15, 0.2) is 35.4 Å². The number of fused-ring (bicyclic) bond motifs is 1. The smallest absolute Gasteiger partial charge is 0.152 e. The largest absolute Gasteiger partial charge is 0.361 e. The van der Waals surface area contributed by atoms with Gasteiger partial charge in [-0.15, -0.1) is 0 Å². The number of benzene rings is 1. The Morgan fingerprint density at radius 1 is 1.20 bits per heavy atom. The number of aromatic amines is 1. The van der Waals surface area contributed by atoms with E-state index >= 15 is 0 Å². The summed E-state index contributed by atoms with van der Waals surface area (Å²) in [5.74, 6) is 0. The summed E-state index contributed by atoms with van der Waals surface area (Å²) in [6, 6.07) is 8.23. The minimum atomic E-state index is 1.11. The van der Waals surface area contributed by atoms with Gasteiger partial charge in [0.15, 0.2) is 4.90 Å². The molecule has 0 spiro atoms. The third kappa shape index (κ3) is 0.809. The summed E-state index contributed by atoms with van der Waals surface area (Å²) in [6.45, 7) is 0. The van der Waals surface area contributed by atoms with E-state index in [0.29, 0.717) is 0 Å². The Morgan fingerprint density at radius 3 is 3.00 bits per heavy atom. The van der Waals surface area contributed by atoms with Crippen molar-refractivity contribution in [2.75, 3.05) is 0 Å². The molecular formula is C8H8NS+. The first-order chi connectivity index (χ1) is 4.86. The van der Waals surface area contributed by atoms with E-state index in [1.165, 1.54) is 10.9 Å². The molecule has 1 N–H and O–H groups in total. The number of hydrogen-bond acceptors (Lipinski definition) is 0. The predicted molar refractivity (Wildman–Crippen MR) is 46.7 cm³/mol. The van der Waals surface area contributed by atoms with Gasteiger partial charge >= 0.3 is 0 Å². The Kier molecular flexibility index (Phi) is 1.21. The highest BCUT2D eigenvalue weighted by atomic mass is 32.1. The first kappa shape index (κ1) is 5.86. The lowest BCUT2D eigenvalue weighted by molar-refractivity contribution is 1.44. The maximum atomic E-state index is 3.45. The number of aromatic nitrogens is 1. The summed E-state index contributed by atoms with van der Waals surface area (Å²) in [5.41, 5.74) is 1.17. The molecule has 0 aliphatic carbocycles. The van der Waals surface area contributed by atoms with E-state index in [4.69, 9.17) is 0 Å². The van der Waals surface area contributed by atoms with Gasteiger partial charge in [-0.05, 0) is 36.2 Å². The van der Waals surface area contributed by atoms with Crippen molar-refractivity contribution in [3.63, 3.8) is 0 Å². The number of rotatable bonds is 0. The molecule has 0 radical (unpaired) electrons. The molecule has 2 rings (SSSR count). The van der Waals surface area contributed by atoms with Gasteiger partial charge in [0.25, 0.3) is 0 Å². The van der Waals surface area contributed by atoms with Crippen LogP contribution in [0.2, 0.25) is 0 Å². The molecule has 1 aromatic carbocycles. The van der Waals surface area contributed by atoms with Crippen LogP contribution in [0.1, 0.15) is 0 Å². The zero-order valence-electron chi connectivity index (χ0n) is 5.39. The lowest BCUT2D eigenvalue weighted by atomic mass is 10.2. The fraction of sp³-hybridized carbons (Fsp3) is 0. The molecule has 1 heterocycles. The van der Waals surface area contributed by atoms with E-state index in [1.807, 2.05) is 12.3 Å². The van der Waals surface area contributed by atoms with Crippen molar-refractivity contribution < 1.29 is 0 Å². The summed E-state index contributed by atoms with van der Waals surface area (Å²) in [5, 5.41) is 1.25. The fourth-order valence-electron chi connectivity index (χ4n) is 1.05. The van der Waals surface area contributed by atoms with Crippen molar-refractivity contribution >= 4 is 23.5 Å². The molecule has 0 bridgehead atoms. The van der Waals surface area contributed by atoms with Crippen molar-refractivity contribution in [1.82, 2.24) is 4.98 Å². The van der Waals surface area contributed by atoms with Gasteiger partial charge in [0.2, 0.25) is 0 Å². The molecule has 2 aromatic rings. The third-order valence-electron chi connectivity index (χ3n) is 1.56. The first-order valence-corrected chi connectivity index (χ1v) is 3.65. The average Bonchev–Trinajstić information content (AvgIpc) is 2.33. The molecule has 0 amide bonds. The SMILES string of the molecule is [SH2+]c1ccc2cc[nH]c2c1. The van der Waals surface area contributed by atoms with Gasteiger partial charge in [-0.3, -0.25) is 0 Å². The van der Waals surface area contributed by atoms with E-state index in [0.717, 1.165) is 4.90 Å². The molecule has 1 nitrogen and oxygen atoms in total. The topological polar surface area (TPSA) is 15.8 Å². The standard InChI is InChI=1S/C8H7NS/c10-7-2-1-6-3-4-9-8(6)5-7/h1-5,9-10H/p+1. The Balaban J connectivity index is 2.86. The second-order valence-corrected chi connectivity index (χ2v) is 2.86. The van der Waals surface area contributed by atoms with Crippen LogP contribution in [0.25, 0.3) is 10.9 Å². The van der Waals surface area contributed by atoms with Crippen LogP contribution in [0.3, 0.4) is 0 Å². The molecule has 0 aliphatic rings. The van der Waals surface area contributed by atoms with Crippen LogP contribution in [-0.2, 0) is 12.6 Å². The Bertz CT molecular complexity index is 351. The highest BCUT2D eigenvalue weighted by molar-refractivity contribution is 7.58. The number of hydrogen-bond donors (Lipinski definition) is 1. The Hall–Kier alpha value is -0.890. The second kappa shape index (κ2) is 2.06. The fourth-order valence-corrected chi connectivity index (χ4v) is 1.28. The predicted octanol–water partition coefficient (Wildman–Crippen LogP) is 1.54. The second-order valence-electron chi connectivity index (χ2n) is 2.28. The highest BCUT2D eigenvalue weighted by Crippen LogP contribution is 2.12. The van der Waals surface area contributed by atoms with Gasteiger partial charge in [-0.25, -0.2) is 0 Å². The van der Waals surface area contributed by atoms with Gasteiger partial charge < -0.3 is 4.98 Å². The van der Waals surface area contributed by atoms with Crippen LogP contribution in [0.4, 0.5) is 0 Å². The van der Waals surface area contributed by atoms with Gasteiger partial charge in [0, 0.05) is 12.3 Å². The molecule has 0 aliphatic heterocycles. The Morgan fingerprint density at radius 2 is 2.10 bits per heavy atom. The molecule has 10 heavy (non-hydrogen) atoms. The summed E-state index contributed by atoms with van der Waals surface area (Å²) in [6.07, 6.45) is 1.94. The molecular weight excluding hydrogens is 142 g/mol. The zero-order chi connectivity index (χ0) is 6.97. The van der Waals surface area contributed by atoms with Crippen LogP contribution in [-0.4, -0.2) is 4.98 Å². The van der Waals surface area contributed by atoms with Crippen LogP contribution >= 0.6 is 0 Å². The van der Waals surface area contributed by atoms with E-state index in [1.54, 1.807) is 0 Å². The molecule has 0 saturated carbocycles. The van der Waals surface area contributed by atoms with E-state index in [9.17, 15) is 0 Å². The van der Waals surface area contributed by atoms with E-state index < -0.39 is 0 Å². The molecule has 50 valence electrons. The average molecular weight is 150 g/mol. The van der Waals surface area contributed by atoms with E-state index in [2.05, 4.69) is 35.8 Å². The summed E-state index contributed by atoms with van der Waals surface area (Å²) < 4.78 is 0. The highest BCUT2D eigenvalue weighted by Gasteiger charge is 1.95. The summed E-state index contributed by atoms with van der Waals surface area (Å²) >= 11 is 3.45. The lowest BCUT2D eigenvalue weighted by Crippen LogP contribution is -1.69. The zero-order valence-corrected chi connectivity index (χ0v) is 6.39. The van der Waals surface area contributed by atoms with Gasteiger partial charge in [0.05, 0.1) is 5.52 Å². The van der Waals surface area contributed by atoms with E-state index in [-0.39, 0.29) is 0 Å². The minimum absolute atomic E-state index is 1.11. The monoisotopic (exact) mass is 150 g/mol. The molecule has 0 fully saturated rings. The summed E-state index contributed by atoms with van der Waals surface area (Å²) in [4.78, 5) is 4.24. The van der Waals surface area contributed by atoms with Crippen molar-refractivity contribution in [3.05, 3.63) is 30.5 Å². The minimum Gasteiger partial charge on any atom is -0.361 e. The van der Waals surface area contributed by atoms with Crippen molar-refractivity contribution in [2.24, 2.45) is 0 Å². The van der Waals surface area contributed by atoms with Gasteiger partial charge in [0.1, 0.15) is 0 Å². The maximum absolute atomic E-state index is 3.45. The molecule has 0 atom stereocenters. The van der Waals surface area contributed by atoms with Crippen LogP contribution in [0.5, 0.6) is 0 Å². The quantitative estimate of drug-likeness (QED) is 0.548. The molecule has 0 saturated heterocycles. The van der Waals surface area contributed by atoms with Gasteiger partial charge in [-0.1, -0.05) is 0 Å². The van der Waals surface area contributed by atoms with Crippen LogP contribution < -0.4 is 0 Å². The normalized spacial score (nSPS) is 10.5. The van der Waals surface area contributed by atoms with Crippen molar-refractivity contribution in [2.45, 2.75) is 4.90 Å².